The molecule has 1 heterocycles. The standard InChI is InChI=1S/C12H19N3O4S/c1-15(20(18,19)10-8-13-14-9-10)12(7-11(16)17)5-3-2-4-6-12/h8-9H,2-7H2,1H3,(H,13,14)(H,16,17). The van der Waals surface area contributed by atoms with E-state index < -0.39 is 21.5 Å². The Balaban J connectivity index is 2.36. The molecule has 1 saturated carbocycles. The second-order valence-corrected chi connectivity index (χ2v) is 7.23. The Morgan fingerprint density at radius 2 is 2.10 bits per heavy atom. The SMILES string of the molecule is CN(C1(CC(=O)O)CCCCC1)S(=O)(=O)c1cn[nH]c1. The predicted octanol–water partition coefficient (Wildman–Crippen LogP) is 1.21. The van der Waals surface area contributed by atoms with Crippen molar-refractivity contribution in [1.82, 2.24) is 14.5 Å². The lowest BCUT2D eigenvalue weighted by atomic mass is 9.79. The third kappa shape index (κ3) is 2.71. The molecular weight excluding hydrogens is 282 g/mol. The van der Waals surface area contributed by atoms with Crippen molar-refractivity contribution in [3.63, 3.8) is 0 Å². The van der Waals surface area contributed by atoms with Crippen molar-refractivity contribution < 1.29 is 18.3 Å². The smallest absolute Gasteiger partial charge is 0.305 e. The van der Waals surface area contributed by atoms with Gasteiger partial charge >= 0.3 is 5.97 Å². The van der Waals surface area contributed by atoms with Crippen LogP contribution in [0.3, 0.4) is 0 Å². The van der Waals surface area contributed by atoms with Gasteiger partial charge in [-0.05, 0) is 12.8 Å². The first-order chi connectivity index (χ1) is 9.38. The average Bonchev–Trinajstić information content (AvgIpc) is 2.92. The first-order valence-corrected chi connectivity index (χ1v) is 8.02. The van der Waals surface area contributed by atoms with Crippen LogP contribution >= 0.6 is 0 Å². The summed E-state index contributed by atoms with van der Waals surface area (Å²) in [5.74, 6) is -0.971. The topological polar surface area (TPSA) is 103 Å². The number of carboxylic acids is 1. The average molecular weight is 301 g/mol. The van der Waals surface area contributed by atoms with Gasteiger partial charge in [-0.1, -0.05) is 19.3 Å². The maximum absolute atomic E-state index is 12.6. The number of H-pyrrole nitrogens is 1. The van der Waals surface area contributed by atoms with Crippen molar-refractivity contribution in [2.45, 2.75) is 49.0 Å². The second-order valence-electron chi connectivity index (χ2n) is 5.26. The van der Waals surface area contributed by atoms with Crippen LogP contribution in [-0.2, 0) is 14.8 Å². The van der Waals surface area contributed by atoms with Crippen LogP contribution in [0.1, 0.15) is 38.5 Å². The van der Waals surface area contributed by atoms with Gasteiger partial charge in [0.1, 0.15) is 4.90 Å². The van der Waals surface area contributed by atoms with Gasteiger partial charge < -0.3 is 5.11 Å². The van der Waals surface area contributed by atoms with Crippen molar-refractivity contribution in [1.29, 1.82) is 0 Å². The van der Waals surface area contributed by atoms with Crippen LogP contribution in [0.5, 0.6) is 0 Å². The van der Waals surface area contributed by atoms with Gasteiger partial charge in [0.15, 0.2) is 0 Å². The summed E-state index contributed by atoms with van der Waals surface area (Å²) in [5, 5.41) is 15.3. The van der Waals surface area contributed by atoms with E-state index in [2.05, 4.69) is 10.2 Å². The number of aromatic nitrogens is 2. The van der Waals surface area contributed by atoms with Gasteiger partial charge in [-0.25, -0.2) is 8.42 Å². The Kier molecular flexibility index (Phi) is 4.14. The van der Waals surface area contributed by atoms with Crippen LogP contribution < -0.4 is 0 Å². The summed E-state index contributed by atoms with van der Waals surface area (Å²) in [7, 11) is -2.25. The number of aromatic amines is 1. The number of sulfonamides is 1. The monoisotopic (exact) mass is 301 g/mol. The van der Waals surface area contributed by atoms with E-state index in [0.29, 0.717) is 12.8 Å². The molecule has 2 rings (SSSR count). The van der Waals surface area contributed by atoms with Gasteiger partial charge in [0.25, 0.3) is 0 Å². The lowest BCUT2D eigenvalue weighted by Crippen LogP contribution is -2.51. The molecule has 0 atom stereocenters. The van der Waals surface area contributed by atoms with E-state index in [4.69, 9.17) is 5.11 Å². The number of rotatable bonds is 5. The van der Waals surface area contributed by atoms with Crippen LogP contribution in [-0.4, -0.2) is 46.6 Å². The Hall–Kier alpha value is -1.41. The molecule has 0 unspecified atom stereocenters. The zero-order valence-electron chi connectivity index (χ0n) is 11.4. The van der Waals surface area contributed by atoms with Crippen molar-refractivity contribution in [3.05, 3.63) is 12.4 Å². The fraction of sp³-hybridized carbons (Fsp3) is 0.667. The maximum atomic E-state index is 12.6. The van der Waals surface area contributed by atoms with E-state index in [1.165, 1.54) is 23.7 Å². The summed E-state index contributed by atoms with van der Waals surface area (Å²) in [6.45, 7) is 0. The van der Waals surface area contributed by atoms with Gasteiger partial charge in [-0.15, -0.1) is 0 Å². The number of nitrogens with zero attached hydrogens (tertiary/aromatic N) is 2. The predicted molar refractivity (Wildman–Crippen MR) is 71.6 cm³/mol. The molecule has 2 N–H and O–H groups in total. The molecule has 1 aliphatic carbocycles. The minimum atomic E-state index is -3.72. The molecule has 1 aromatic heterocycles. The second kappa shape index (κ2) is 5.53. The van der Waals surface area contributed by atoms with Gasteiger partial charge in [0, 0.05) is 18.8 Å². The summed E-state index contributed by atoms with van der Waals surface area (Å²) in [5.41, 5.74) is -0.833. The van der Waals surface area contributed by atoms with Gasteiger partial charge in [0.05, 0.1) is 12.6 Å². The van der Waals surface area contributed by atoms with Crippen molar-refractivity contribution in [3.8, 4) is 0 Å². The Morgan fingerprint density at radius 1 is 1.45 bits per heavy atom. The molecule has 1 aromatic rings. The number of hydrogen-bond donors (Lipinski definition) is 2. The summed E-state index contributed by atoms with van der Waals surface area (Å²) in [4.78, 5) is 11.2. The van der Waals surface area contributed by atoms with E-state index >= 15 is 0 Å². The summed E-state index contributed by atoms with van der Waals surface area (Å²) < 4.78 is 26.3. The van der Waals surface area contributed by atoms with Gasteiger partial charge in [0.2, 0.25) is 10.0 Å². The number of nitrogens with one attached hydrogen (secondary N) is 1. The van der Waals surface area contributed by atoms with Crippen LogP contribution in [0.4, 0.5) is 0 Å². The lowest BCUT2D eigenvalue weighted by Gasteiger charge is -2.42. The quantitative estimate of drug-likeness (QED) is 0.850. The highest BCUT2D eigenvalue weighted by molar-refractivity contribution is 7.89. The van der Waals surface area contributed by atoms with E-state index in [9.17, 15) is 13.2 Å². The Labute approximate surface area is 118 Å². The molecule has 0 aliphatic heterocycles. The van der Waals surface area contributed by atoms with Crippen LogP contribution in [0, 0.1) is 0 Å². The largest absolute Gasteiger partial charge is 0.481 e. The van der Waals surface area contributed by atoms with Crippen molar-refractivity contribution >= 4 is 16.0 Å². The molecule has 112 valence electrons. The first kappa shape index (κ1) is 15.0. The first-order valence-electron chi connectivity index (χ1n) is 6.58. The fourth-order valence-corrected chi connectivity index (χ4v) is 4.35. The third-order valence-corrected chi connectivity index (χ3v) is 5.99. The Morgan fingerprint density at radius 3 is 2.60 bits per heavy atom. The number of carbonyl (C=O) groups is 1. The maximum Gasteiger partial charge on any atom is 0.305 e. The Bertz CT molecular complexity index is 562. The lowest BCUT2D eigenvalue weighted by molar-refractivity contribution is -0.140. The minimum Gasteiger partial charge on any atom is -0.481 e. The van der Waals surface area contributed by atoms with Crippen molar-refractivity contribution in [2.24, 2.45) is 0 Å². The van der Waals surface area contributed by atoms with Crippen molar-refractivity contribution in [2.75, 3.05) is 7.05 Å². The molecule has 1 fully saturated rings. The van der Waals surface area contributed by atoms with Crippen LogP contribution in [0.25, 0.3) is 0 Å². The zero-order valence-corrected chi connectivity index (χ0v) is 12.2. The minimum absolute atomic E-state index is 0.0651. The molecular formula is C12H19N3O4S. The third-order valence-electron chi connectivity index (χ3n) is 4.06. The van der Waals surface area contributed by atoms with Crippen LogP contribution in [0.15, 0.2) is 17.3 Å². The van der Waals surface area contributed by atoms with E-state index in [1.807, 2.05) is 0 Å². The molecule has 0 bridgehead atoms. The zero-order chi connectivity index (χ0) is 14.8. The molecule has 1 aliphatic rings. The van der Waals surface area contributed by atoms with Gasteiger partial charge in [-0.2, -0.15) is 9.40 Å². The highest BCUT2D eigenvalue weighted by atomic mass is 32.2. The van der Waals surface area contributed by atoms with Crippen LogP contribution in [0.2, 0.25) is 0 Å². The highest BCUT2D eigenvalue weighted by Gasteiger charge is 2.44. The summed E-state index contributed by atoms with van der Waals surface area (Å²) >= 11 is 0. The van der Waals surface area contributed by atoms with Gasteiger partial charge in [-0.3, -0.25) is 9.89 Å². The summed E-state index contributed by atoms with van der Waals surface area (Å²) in [6, 6.07) is 0. The number of aliphatic carboxylic acids is 1. The molecule has 0 aromatic carbocycles. The molecule has 0 radical (unpaired) electrons. The molecule has 0 amide bonds. The molecule has 0 saturated heterocycles. The molecule has 20 heavy (non-hydrogen) atoms. The fourth-order valence-electron chi connectivity index (χ4n) is 2.89. The number of carboxylic acid groups (broad SMARTS) is 1. The molecule has 7 nitrogen and oxygen atoms in total. The molecule has 8 heteroatoms. The highest BCUT2D eigenvalue weighted by Crippen LogP contribution is 2.38. The number of hydrogen-bond acceptors (Lipinski definition) is 4. The van der Waals surface area contributed by atoms with E-state index in [-0.39, 0.29) is 11.3 Å². The molecule has 0 spiro atoms. The summed E-state index contributed by atoms with van der Waals surface area (Å²) in [6.07, 6.45) is 6.24. The van der Waals surface area contributed by atoms with E-state index in [0.717, 1.165) is 19.3 Å². The normalized spacial score (nSPS) is 19.1. The van der Waals surface area contributed by atoms with E-state index in [1.54, 1.807) is 0 Å².